The number of nitrogens with one attached hydrogen (secondary N) is 1. The molecule has 14 heteroatoms. The summed E-state index contributed by atoms with van der Waals surface area (Å²) in [6.07, 6.45) is 8.81. The van der Waals surface area contributed by atoms with Crippen LogP contribution in [0.1, 0.15) is 110 Å². The van der Waals surface area contributed by atoms with E-state index in [2.05, 4.69) is 11.3 Å². The molecular formula is C42H56N4O9S. The molecule has 4 fully saturated rings. The van der Waals surface area contributed by atoms with Gasteiger partial charge >= 0.3 is 5.97 Å². The van der Waals surface area contributed by atoms with Gasteiger partial charge in [-0.1, -0.05) is 39.7 Å². The highest BCUT2D eigenvalue weighted by molar-refractivity contribution is 7.90. The van der Waals surface area contributed by atoms with E-state index in [1.807, 2.05) is 32.9 Å². The quantitative estimate of drug-likeness (QED) is 0.260. The maximum absolute atomic E-state index is 14.8. The highest BCUT2D eigenvalue weighted by atomic mass is 32.2. The van der Waals surface area contributed by atoms with Gasteiger partial charge in [0.1, 0.15) is 23.7 Å². The van der Waals surface area contributed by atoms with Gasteiger partial charge in [0.15, 0.2) is 5.78 Å². The minimum atomic E-state index is -3.86. The van der Waals surface area contributed by atoms with Crippen molar-refractivity contribution in [3.63, 3.8) is 0 Å². The Balaban J connectivity index is 1.23. The molecule has 13 nitrogen and oxygen atoms in total. The van der Waals surface area contributed by atoms with Crippen LogP contribution in [0.15, 0.2) is 30.9 Å². The van der Waals surface area contributed by atoms with Crippen LogP contribution in [0, 0.1) is 28.6 Å². The van der Waals surface area contributed by atoms with Gasteiger partial charge in [0, 0.05) is 18.9 Å². The fourth-order valence-electron chi connectivity index (χ4n) is 9.05. The Morgan fingerprint density at radius 3 is 2.50 bits per heavy atom. The zero-order valence-electron chi connectivity index (χ0n) is 33.1. The van der Waals surface area contributed by atoms with Gasteiger partial charge in [0.25, 0.3) is 0 Å². The van der Waals surface area contributed by atoms with Gasteiger partial charge in [-0.15, -0.1) is 6.58 Å². The van der Waals surface area contributed by atoms with Crippen LogP contribution < -0.4 is 14.2 Å². The fraction of sp³-hybridized carbons (Fsp3) is 0.667. The molecule has 1 saturated heterocycles. The van der Waals surface area contributed by atoms with E-state index in [-0.39, 0.29) is 55.9 Å². The average molecular weight is 793 g/mol. The number of amides is 2. The average Bonchev–Trinajstić information content (AvgIpc) is 4.04. The Morgan fingerprint density at radius 1 is 1.04 bits per heavy atom. The highest BCUT2D eigenvalue weighted by Gasteiger charge is 2.61. The number of carbonyl (C=O) groups excluding carboxylic acids is 4. The molecule has 7 atom stereocenters. The van der Waals surface area contributed by atoms with Gasteiger partial charge in [0.2, 0.25) is 27.7 Å². The number of ketones is 1. The summed E-state index contributed by atoms with van der Waals surface area (Å²) in [7, 11) is -2.28. The summed E-state index contributed by atoms with van der Waals surface area (Å²) in [5, 5.41) is -0.607. The number of hydrogen-bond donors (Lipinski definition) is 1. The van der Waals surface area contributed by atoms with Crippen molar-refractivity contribution in [1.29, 1.82) is 0 Å². The number of Topliss-reactive ketones (excluding diaryl/α,β-unsaturated/α-hetero) is 1. The van der Waals surface area contributed by atoms with Gasteiger partial charge < -0.3 is 19.1 Å². The number of methoxy groups -OCH3 is 1. The van der Waals surface area contributed by atoms with Crippen LogP contribution in [-0.4, -0.2) is 84.0 Å². The standard InChI is InChI=1S/C42H56N4O9S/c1-6-26-22-42(26,40(50)45-56(51,52)29-16-17-29)23-35(47)34-20-28-24-46(34)39(49)30(41(2,3)4)21-37(48)55-36-14-10-12-25(36)11-8-7-9-13-32-38(54-28)44-33-19-27(53-5)15-18-31(33)43-32/h6,15,18-19,25-26,28-30,34,36H,1,7-14,16-17,20-24H2,2-5H3,(H,45,50)/t25-,26-,28-,30-,34+,36?,42-/m1/s1. The number of allylic oxidation sites excluding steroid dienone is 1. The number of sulfonamides is 1. The van der Waals surface area contributed by atoms with Gasteiger partial charge in [0.05, 0.1) is 53.7 Å². The fourth-order valence-corrected chi connectivity index (χ4v) is 10.4. The first-order chi connectivity index (χ1) is 26.6. The molecule has 1 N–H and O–H groups in total. The number of carbonyl (C=O) groups is 4. The van der Waals surface area contributed by atoms with E-state index in [9.17, 15) is 27.6 Å². The van der Waals surface area contributed by atoms with Crippen molar-refractivity contribution in [2.24, 2.45) is 28.6 Å². The zero-order chi connectivity index (χ0) is 40.0. The third-order valence-electron chi connectivity index (χ3n) is 12.7. The summed E-state index contributed by atoms with van der Waals surface area (Å²) in [4.78, 5) is 68.0. The van der Waals surface area contributed by atoms with Gasteiger partial charge in [-0.2, -0.15) is 0 Å². The van der Waals surface area contributed by atoms with Crippen LogP contribution in [0.5, 0.6) is 11.6 Å². The number of aryl methyl sites for hydroxylation is 1. The van der Waals surface area contributed by atoms with Crippen molar-refractivity contribution in [2.75, 3.05) is 13.7 Å². The van der Waals surface area contributed by atoms with Crippen molar-refractivity contribution >= 4 is 44.6 Å². The first kappa shape index (κ1) is 40.1. The second-order valence-electron chi connectivity index (χ2n) is 17.8. The van der Waals surface area contributed by atoms with E-state index < -0.39 is 62.0 Å². The lowest BCUT2D eigenvalue weighted by Crippen LogP contribution is -2.48. The SMILES string of the molecule is C=C[C@@H]1C[C@]1(CC(=O)[C@@H]1C[C@@H]2CN1C(=O)[C@H](C(C)(C)C)CC(=O)OC1CCC[C@H]1CCCCCc1nc3ccc(OC)cc3nc1O2)C(=O)NS(=O)(=O)C1CC1. The molecule has 3 heterocycles. The van der Waals surface area contributed by atoms with Crippen LogP contribution in [0.25, 0.3) is 11.0 Å². The number of aromatic nitrogens is 2. The predicted octanol–water partition coefficient (Wildman–Crippen LogP) is 5.63. The summed E-state index contributed by atoms with van der Waals surface area (Å²) < 4.78 is 46.1. The molecule has 2 amide bonds. The predicted molar refractivity (Wildman–Crippen MR) is 208 cm³/mol. The second kappa shape index (κ2) is 15.7. The number of rotatable bonds is 8. The van der Waals surface area contributed by atoms with E-state index in [0.717, 1.165) is 44.9 Å². The lowest BCUT2D eigenvalue weighted by molar-refractivity contribution is -0.158. The minimum absolute atomic E-state index is 0.0407. The highest BCUT2D eigenvalue weighted by Crippen LogP contribution is 2.57. The molecule has 2 bridgehead atoms. The number of nitrogens with zero attached hydrogens (tertiary/aromatic N) is 3. The maximum Gasteiger partial charge on any atom is 0.306 e. The van der Waals surface area contributed by atoms with Crippen LogP contribution in [0.3, 0.4) is 0 Å². The zero-order valence-corrected chi connectivity index (χ0v) is 33.9. The third-order valence-corrected chi connectivity index (χ3v) is 14.6. The van der Waals surface area contributed by atoms with Crippen LogP contribution in [0.2, 0.25) is 0 Å². The molecule has 2 aliphatic heterocycles. The van der Waals surface area contributed by atoms with Crippen LogP contribution in [-0.2, 0) is 40.4 Å². The lowest BCUT2D eigenvalue weighted by Gasteiger charge is -2.35. The monoisotopic (exact) mass is 792 g/mol. The lowest BCUT2D eigenvalue weighted by atomic mass is 9.77. The molecule has 3 aliphatic carbocycles. The summed E-state index contributed by atoms with van der Waals surface area (Å²) in [5.41, 5.74) is 0.0134. The molecule has 1 unspecified atom stereocenters. The number of fused-ring (bicyclic) bond motifs is 5. The number of esters is 1. The number of benzene rings is 1. The van der Waals surface area contributed by atoms with Crippen LogP contribution in [0.4, 0.5) is 0 Å². The van der Waals surface area contributed by atoms with Crippen molar-refractivity contribution in [1.82, 2.24) is 19.6 Å². The molecule has 56 heavy (non-hydrogen) atoms. The Hall–Kier alpha value is -4.07. The molecule has 1 aromatic carbocycles. The van der Waals surface area contributed by atoms with Crippen molar-refractivity contribution in [2.45, 2.75) is 134 Å². The minimum Gasteiger partial charge on any atom is -0.497 e. The summed E-state index contributed by atoms with van der Waals surface area (Å²) in [6, 6.07) is 4.49. The topological polar surface area (TPSA) is 171 Å². The molecule has 3 saturated carbocycles. The number of hydrogen-bond acceptors (Lipinski definition) is 11. The summed E-state index contributed by atoms with van der Waals surface area (Å²) >= 11 is 0. The smallest absolute Gasteiger partial charge is 0.306 e. The van der Waals surface area contributed by atoms with E-state index >= 15 is 0 Å². The Bertz CT molecular complexity index is 1990. The Morgan fingerprint density at radius 2 is 1.80 bits per heavy atom. The van der Waals surface area contributed by atoms with Crippen molar-refractivity contribution < 1.29 is 41.8 Å². The van der Waals surface area contributed by atoms with E-state index in [1.54, 1.807) is 19.3 Å². The largest absolute Gasteiger partial charge is 0.497 e. The van der Waals surface area contributed by atoms with Crippen molar-refractivity contribution in [3.05, 3.63) is 36.5 Å². The van der Waals surface area contributed by atoms with Crippen molar-refractivity contribution in [3.8, 4) is 11.6 Å². The molecule has 0 radical (unpaired) electrons. The molecule has 304 valence electrons. The normalized spacial score (nSPS) is 30.2. The Labute approximate surface area is 329 Å². The second-order valence-corrected chi connectivity index (χ2v) is 19.7. The molecule has 1 aromatic heterocycles. The van der Waals surface area contributed by atoms with E-state index in [4.69, 9.17) is 24.2 Å². The molecule has 5 aliphatic rings. The van der Waals surface area contributed by atoms with E-state index in [1.165, 1.54) is 4.90 Å². The molecule has 0 spiro atoms. The first-order valence-electron chi connectivity index (χ1n) is 20.3. The molecule has 7 rings (SSSR count). The van der Waals surface area contributed by atoms with Gasteiger partial charge in [-0.25, -0.2) is 18.4 Å². The summed E-state index contributed by atoms with van der Waals surface area (Å²) in [6.45, 7) is 9.59. The van der Waals surface area contributed by atoms with E-state index in [0.29, 0.717) is 47.6 Å². The van der Waals surface area contributed by atoms with Gasteiger partial charge in [-0.3, -0.25) is 23.9 Å². The van der Waals surface area contributed by atoms with Gasteiger partial charge in [-0.05, 0) is 87.2 Å². The maximum atomic E-state index is 14.8. The summed E-state index contributed by atoms with van der Waals surface area (Å²) in [5.74, 6) is -1.87. The molecular weight excluding hydrogens is 737 g/mol. The Kier molecular flexibility index (Phi) is 11.3. The third kappa shape index (κ3) is 8.45. The van der Waals surface area contributed by atoms with Crippen LogP contribution >= 0.6 is 0 Å². The molecule has 2 aromatic rings. The first-order valence-corrected chi connectivity index (χ1v) is 21.9. The number of ether oxygens (including phenoxy) is 3.